The van der Waals surface area contributed by atoms with Crippen LogP contribution in [0, 0.1) is 5.82 Å². The molecule has 6 nitrogen and oxygen atoms in total. The van der Waals surface area contributed by atoms with Gasteiger partial charge in [-0.15, -0.1) is 5.10 Å². The molecule has 0 radical (unpaired) electrons. The van der Waals surface area contributed by atoms with Gasteiger partial charge in [0.25, 0.3) is 0 Å². The Hall–Kier alpha value is -1.80. The Morgan fingerprint density at radius 1 is 1.52 bits per heavy atom. The van der Waals surface area contributed by atoms with E-state index in [2.05, 4.69) is 26.2 Å². The van der Waals surface area contributed by atoms with Gasteiger partial charge in [-0.25, -0.2) is 13.9 Å². The first-order chi connectivity index (χ1) is 10.0. The molecule has 0 aliphatic heterocycles. The average Bonchev–Trinajstić information content (AvgIpc) is 2.83. The van der Waals surface area contributed by atoms with Crippen LogP contribution in [0.25, 0.3) is 0 Å². The molecule has 0 atom stereocenters. The maximum atomic E-state index is 13.2. The lowest BCUT2D eigenvalue weighted by molar-refractivity contribution is 0.0688. The molecule has 0 spiro atoms. The van der Waals surface area contributed by atoms with Crippen LogP contribution < -0.4 is 0 Å². The van der Waals surface area contributed by atoms with Gasteiger partial charge >= 0.3 is 5.97 Å². The highest BCUT2D eigenvalue weighted by molar-refractivity contribution is 9.10. The molecule has 1 heterocycles. The van der Waals surface area contributed by atoms with E-state index in [0.29, 0.717) is 29.7 Å². The van der Waals surface area contributed by atoms with Crippen LogP contribution in [0.15, 0.2) is 22.7 Å². The van der Waals surface area contributed by atoms with Gasteiger partial charge in [0.2, 0.25) is 0 Å². The largest absolute Gasteiger partial charge is 0.476 e. The molecular formula is C13H13BrFN3O3. The van der Waals surface area contributed by atoms with Crippen LogP contribution in [-0.2, 0) is 17.7 Å². The average molecular weight is 358 g/mol. The molecule has 21 heavy (non-hydrogen) atoms. The van der Waals surface area contributed by atoms with Crippen molar-refractivity contribution < 1.29 is 19.0 Å². The van der Waals surface area contributed by atoms with Gasteiger partial charge in [-0.2, -0.15) is 0 Å². The van der Waals surface area contributed by atoms with Crippen LogP contribution >= 0.6 is 15.9 Å². The third-order valence-electron chi connectivity index (χ3n) is 2.90. The zero-order chi connectivity index (χ0) is 15.4. The Morgan fingerprint density at radius 3 is 2.90 bits per heavy atom. The number of benzene rings is 1. The molecule has 112 valence electrons. The molecule has 0 saturated carbocycles. The highest BCUT2D eigenvalue weighted by Gasteiger charge is 2.18. The highest BCUT2D eigenvalue weighted by atomic mass is 79.9. The van der Waals surface area contributed by atoms with Crippen molar-refractivity contribution in [3.05, 3.63) is 45.4 Å². The smallest absolute Gasteiger partial charge is 0.358 e. The molecule has 1 aromatic heterocycles. The molecule has 0 aliphatic rings. The predicted octanol–water partition coefficient (Wildman–Crippen LogP) is 2.12. The highest BCUT2D eigenvalue weighted by Crippen LogP contribution is 2.18. The Labute approximate surface area is 128 Å². The second kappa shape index (κ2) is 6.77. The number of halogens is 2. The maximum absolute atomic E-state index is 13.2. The van der Waals surface area contributed by atoms with Crippen LogP contribution in [-0.4, -0.2) is 39.8 Å². The number of rotatable bonds is 6. The van der Waals surface area contributed by atoms with Crippen LogP contribution in [0.4, 0.5) is 4.39 Å². The first-order valence-electron chi connectivity index (χ1n) is 6.11. The topological polar surface area (TPSA) is 77.2 Å². The molecule has 0 saturated heterocycles. The summed E-state index contributed by atoms with van der Waals surface area (Å²) < 4.78 is 20.0. The van der Waals surface area contributed by atoms with Gasteiger partial charge in [0.1, 0.15) is 5.82 Å². The monoisotopic (exact) mass is 357 g/mol. The summed E-state index contributed by atoms with van der Waals surface area (Å²) in [6.07, 6.45) is 0.382. The van der Waals surface area contributed by atoms with E-state index in [1.54, 1.807) is 12.1 Å². The summed E-state index contributed by atoms with van der Waals surface area (Å²) in [5.41, 5.74) is 1.17. The van der Waals surface area contributed by atoms with Crippen molar-refractivity contribution in [1.29, 1.82) is 0 Å². The molecular weight excluding hydrogens is 345 g/mol. The zero-order valence-electron chi connectivity index (χ0n) is 11.2. The fraction of sp³-hybridized carbons (Fsp3) is 0.308. The minimum atomic E-state index is -1.13. The fourth-order valence-corrected chi connectivity index (χ4v) is 2.31. The van der Waals surface area contributed by atoms with Crippen LogP contribution in [0.5, 0.6) is 0 Å². The van der Waals surface area contributed by atoms with Crippen molar-refractivity contribution in [1.82, 2.24) is 15.0 Å². The molecule has 0 amide bonds. The Bertz CT molecular complexity index is 660. The van der Waals surface area contributed by atoms with E-state index in [4.69, 9.17) is 9.84 Å². The van der Waals surface area contributed by atoms with E-state index >= 15 is 0 Å². The molecule has 8 heteroatoms. The lowest BCUT2D eigenvalue weighted by atomic mass is 10.2. The Morgan fingerprint density at radius 2 is 2.29 bits per heavy atom. The lowest BCUT2D eigenvalue weighted by Gasteiger charge is -2.07. The number of carboxylic acids is 1. The van der Waals surface area contributed by atoms with Gasteiger partial charge in [-0.05, 0) is 33.6 Å². The molecule has 0 aliphatic carbocycles. The third kappa shape index (κ3) is 3.64. The van der Waals surface area contributed by atoms with Gasteiger partial charge in [0.15, 0.2) is 5.69 Å². The number of hydrogen-bond donors (Lipinski definition) is 1. The van der Waals surface area contributed by atoms with Crippen molar-refractivity contribution in [2.75, 3.05) is 13.7 Å². The summed E-state index contributed by atoms with van der Waals surface area (Å²) in [7, 11) is 1.53. The standard InChI is InChI=1S/C13H13BrFN3O3/c1-21-5-4-11-12(13(19)20)16-17-18(11)7-8-2-3-10(15)9(14)6-8/h2-3,6H,4-5,7H2,1H3,(H,19,20). The van der Waals surface area contributed by atoms with E-state index in [1.807, 2.05) is 0 Å². The van der Waals surface area contributed by atoms with Crippen molar-refractivity contribution in [2.24, 2.45) is 0 Å². The summed E-state index contributed by atoms with van der Waals surface area (Å²) in [4.78, 5) is 11.1. The van der Waals surface area contributed by atoms with Crippen molar-refractivity contribution in [2.45, 2.75) is 13.0 Å². The Balaban J connectivity index is 2.30. The fourth-order valence-electron chi connectivity index (χ4n) is 1.88. The molecule has 1 N–H and O–H groups in total. The number of carboxylic acid groups (broad SMARTS) is 1. The van der Waals surface area contributed by atoms with Crippen LogP contribution in [0.3, 0.4) is 0 Å². The minimum absolute atomic E-state index is 0.0896. The van der Waals surface area contributed by atoms with Crippen molar-refractivity contribution >= 4 is 21.9 Å². The van der Waals surface area contributed by atoms with E-state index in [9.17, 15) is 9.18 Å². The number of carbonyl (C=O) groups is 1. The van der Waals surface area contributed by atoms with Crippen molar-refractivity contribution in [3.63, 3.8) is 0 Å². The summed E-state index contributed by atoms with van der Waals surface area (Å²) in [5, 5.41) is 16.6. The molecule has 0 unspecified atom stereocenters. The second-order valence-corrected chi connectivity index (χ2v) is 5.19. The van der Waals surface area contributed by atoms with Gasteiger partial charge in [0.05, 0.1) is 23.3 Å². The first kappa shape index (κ1) is 15.6. The summed E-state index contributed by atoms with van der Waals surface area (Å²) >= 11 is 3.11. The number of nitrogens with zero attached hydrogens (tertiary/aromatic N) is 3. The Kier molecular flexibility index (Phi) is 5.03. The predicted molar refractivity (Wildman–Crippen MR) is 75.8 cm³/mol. The SMILES string of the molecule is COCCc1c(C(=O)O)nnn1Cc1ccc(F)c(Br)c1. The van der Waals surface area contributed by atoms with Gasteiger partial charge in [-0.3, -0.25) is 0 Å². The molecule has 0 bridgehead atoms. The quantitative estimate of drug-likeness (QED) is 0.856. The number of aromatic carboxylic acids is 1. The summed E-state index contributed by atoms with van der Waals surface area (Å²) in [6.45, 7) is 0.666. The lowest BCUT2D eigenvalue weighted by Crippen LogP contribution is -2.11. The first-order valence-corrected chi connectivity index (χ1v) is 6.90. The number of methoxy groups -OCH3 is 1. The number of ether oxygens (including phenoxy) is 1. The number of hydrogen-bond acceptors (Lipinski definition) is 4. The normalized spacial score (nSPS) is 10.8. The zero-order valence-corrected chi connectivity index (χ0v) is 12.8. The molecule has 0 fully saturated rings. The third-order valence-corrected chi connectivity index (χ3v) is 3.51. The molecule has 2 aromatic rings. The van der Waals surface area contributed by atoms with E-state index in [0.717, 1.165) is 5.56 Å². The van der Waals surface area contributed by atoms with E-state index in [1.165, 1.54) is 17.9 Å². The van der Waals surface area contributed by atoms with Gasteiger partial charge < -0.3 is 9.84 Å². The molecule has 2 rings (SSSR count). The van der Waals surface area contributed by atoms with Gasteiger partial charge in [-0.1, -0.05) is 11.3 Å². The second-order valence-electron chi connectivity index (χ2n) is 4.34. The van der Waals surface area contributed by atoms with Gasteiger partial charge in [0, 0.05) is 13.5 Å². The number of aromatic nitrogens is 3. The van der Waals surface area contributed by atoms with Crippen LogP contribution in [0.2, 0.25) is 0 Å². The van der Waals surface area contributed by atoms with E-state index in [-0.39, 0.29) is 11.5 Å². The van der Waals surface area contributed by atoms with Crippen molar-refractivity contribution in [3.8, 4) is 0 Å². The van der Waals surface area contributed by atoms with Crippen LogP contribution in [0.1, 0.15) is 21.7 Å². The molecule has 1 aromatic carbocycles. The minimum Gasteiger partial charge on any atom is -0.476 e. The van der Waals surface area contributed by atoms with E-state index < -0.39 is 5.97 Å². The summed E-state index contributed by atoms with van der Waals surface area (Å²) in [6, 6.07) is 4.57. The summed E-state index contributed by atoms with van der Waals surface area (Å²) in [5.74, 6) is -1.49. The maximum Gasteiger partial charge on any atom is 0.358 e.